The molecule has 0 saturated heterocycles. The van der Waals surface area contributed by atoms with Gasteiger partial charge in [0, 0.05) is 10.4 Å². The second kappa shape index (κ2) is 5.22. The largest absolute Gasteiger partial charge is 0.497 e. The number of ether oxygens (including phenoxy) is 1. The monoisotopic (exact) mass is 290 g/mol. The third-order valence-corrected chi connectivity index (χ3v) is 3.33. The van der Waals surface area contributed by atoms with Gasteiger partial charge in [0.05, 0.1) is 7.11 Å². The number of hydrogen-bond donors (Lipinski definition) is 0. The fourth-order valence-electron chi connectivity index (χ4n) is 1.54. The van der Waals surface area contributed by atoms with Crippen LogP contribution in [0.25, 0.3) is 0 Å². The smallest absolute Gasteiger partial charge is 0.120 e. The Morgan fingerprint density at radius 2 is 2.07 bits per heavy atom. The van der Waals surface area contributed by atoms with E-state index in [1.54, 1.807) is 7.11 Å². The van der Waals surface area contributed by atoms with Gasteiger partial charge in [-0.3, -0.25) is 0 Å². The molecule has 0 aliphatic heterocycles. The van der Waals surface area contributed by atoms with E-state index >= 15 is 0 Å². The standard InChI is InChI=1S/C12H16BrClO/c1-12(2,6-7-13)10-5-4-9(15-3)8-11(10)14/h4-5,8H,6-7H2,1-3H3. The summed E-state index contributed by atoms with van der Waals surface area (Å²) in [7, 11) is 1.65. The fraction of sp³-hybridized carbons (Fsp3) is 0.500. The van der Waals surface area contributed by atoms with Crippen molar-refractivity contribution in [3.63, 3.8) is 0 Å². The molecule has 0 aliphatic rings. The van der Waals surface area contributed by atoms with Crippen LogP contribution < -0.4 is 4.74 Å². The van der Waals surface area contributed by atoms with Crippen LogP contribution in [0.4, 0.5) is 0 Å². The highest BCUT2D eigenvalue weighted by Gasteiger charge is 2.22. The topological polar surface area (TPSA) is 9.23 Å². The molecule has 0 aromatic heterocycles. The molecule has 1 aromatic carbocycles. The van der Waals surface area contributed by atoms with E-state index in [0.29, 0.717) is 0 Å². The molecular formula is C12H16BrClO. The van der Waals surface area contributed by atoms with Crippen LogP contribution in [0.3, 0.4) is 0 Å². The van der Waals surface area contributed by atoms with Crippen molar-refractivity contribution in [1.82, 2.24) is 0 Å². The summed E-state index contributed by atoms with van der Waals surface area (Å²) in [5.41, 5.74) is 1.26. The molecule has 0 aliphatic carbocycles. The number of hydrogen-bond acceptors (Lipinski definition) is 1. The molecular weight excluding hydrogens is 275 g/mol. The van der Waals surface area contributed by atoms with Crippen molar-refractivity contribution in [3.8, 4) is 5.75 Å². The zero-order chi connectivity index (χ0) is 11.5. The highest BCUT2D eigenvalue weighted by molar-refractivity contribution is 9.09. The van der Waals surface area contributed by atoms with E-state index in [-0.39, 0.29) is 5.41 Å². The van der Waals surface area contributed by atoms with Crippen molar-refractivity contribution < 1.29 is 4.74 Å². The number of rotatable bonds is 4. The van der Waals surface area contributed by atoms with Crippen LogP contribution >= 0.6 is 27.5 Å². The van der Waals surface area contributed by atoms with Crippen LogP contribution in [0.15, 0.2) is 18.2 Å². The third kappa shape index (κ3) is 3.12. The summed E-state index contributed by atoms with van der Waals surface area (Å²) in [5.74, 6) is 0.804. The Labute approximate surface area is 105 Å². The van der Waals surface area contributed by atoms with Gasteiger partial charge in [-0.1, -0.05) is 47.4 Å². The van der Waals surface area contributed by atoms with Gasteiger partial charge in [-0.2, -0.15) is 0 Å². The Hall–Kier alpha value is -0.210. The van der Waals surface area contributed by atoms with Crippen molar-refractivity contribution in [2.45, 2.75) is 25.7 Å². The molecule has 0 unspecified atom stereocenters. The zero-order valence-corrected chi connectivity index (χ0v) is 11.7. The van der Waals surface area contributed by atoms with Crippen molar-refractivity contribution in [2.24, 2.45) is 0 Å². The predicted molar refractivity (Wildman–Crippen MR) is 69.4 cm³/mol. The molecule has 0 spiro atoms. The normalized spacial score (nSPS) is 11.5. The quantitative estimate of drug-likeness (QED) is 0.747. The number of methoxy groups -OCH3 is 1. The summed E-state index contributed by atoms with van der Waals surface area (Å²) in [6.07, 6.45) is 1.05. The molecule has 15 heavy (non-hydrogen) atoms. The maximum atomic E-state index is 6.23. The highest BCUT2D eigenvalue weighted by atomic mass is 79.9. The lowest BCUT2D eigenvalue weighted by Crippen LogP contribution is -2.18. The van der Waals surface area contributed by atoms with Crippen molar-refractivity contribution >= 4 is 27.5 Å². The maximum absolute atomic E-state index is 6.23. The first-order valence-electron chi connectivity index (χ1n) is 4.91. The van der Waals surface area contributed by atoms with E-state index in [1.807, 2.05) is 18.2 Å². The highest BCUT2D eigenvalue weighted by Crippen LogP contribution is 2.35. The number of halogens is 2. The average Bonchev–Trinajstić information content (AvgIpc) is 2.17. The summed E-state index contributed by atoms with van der Waals surface area (Å²) >= 11 is 9.70. The SMILES string of the molecule is COc1ccc(C(C)(C)CCBr)c(Cl)c1. The molecule has 0 radical (unpaired) electrons. The summed E-state index contributed by atoms with van der Waals surface area (Å²) < 4.78 is 5.13. The lowest BCUT2D eigenvalue weighted by molar-refractivity contribution is 0.414. The van der Waals surface area contributed by atoms with Gasteiger partial charge in [0.25, 0.3) is 0 Å². The van der Waals surface area contributed by atoms with Crippen LogP contribution in [0, 0.1) is 0 Å². The van der Waals surface area contributed by atoms with Crippen LogP contribution in [-0.4, -0.2) is 12.4 Å². The molecule has 1 aromatic rings. The van der Waals surface area contributed by atoms with Gasteiger partial charge in [-0.25, -0.2) is 0 Å². The van der Waals surface area contributed by atoms with E-state index in [2.05, 4.69) is 29.8 Å². The molecule has 0 atom stereocenters. The molecule has 3 heteroatoms. The Balaban J connectivity index is 3.04. The van der Waals surface area contributed by atoms with Crippen molar-refractivity contribution in [3.05, 3.63) is 28.8 Å². The minimum atomic E-state index is 0.0901. The van der Waals surface area contributed by atoms with Crippen LogP contribution in [-0.2, 0) is 5.41 Å². The van der Waals surface area contributed by atoms with E-state index in [4.69, 9.17) is 16.3 Å². The first kappa shape index (κ1) is 12.9. The van der Waals surface area contributed by atoms with E-state index in [1.165, 1.54) is 5.56 Å². The van der Waals surface area contributed by atoms with Gasteiger partial charge in [0.15, 0.2) is 0 Å². The fourth-order valence-corrected chi connectivity index (χ4v) is 2.96. The Kier molecular flexibility index (Phi) is 4.47. The Morgan fingerprint density at radius 3 is 2.53 bits per heavy atom. The first-order chi connectivity index (χ1) is 7.01. The average molecular weight is 292 g/mol. The van der Waals surface area contributed by atoms with E-state index < -0.39 is 0 Å². The predicted octanol–water partition coefficient (Wildman–Crippen LogP) is 4.41. The number of alkyl halides is 1. The molecule has 0 amide bonds. The second-order valence-corrected chi connectivity index (χ2v) is 5.37. The van der Waals surface area contributed by atoms with Gasteiger partial charge in [-0.15, -0.1) is 0 Å². The van der Waals surface area contributed by atoms with E-state index in [9.17, 15) is 0 Å². The van der Waals surface area contributed by atoms with Crippen LogP contribution in [0.5, 0.6) is 5.75 Å². The second-order valence-electron chi connectivity index (χ2n) is 4.17. The van der Waals surface area contributed by atoms with Crippen molar-refractivity contribution in [2.75, 3.05) is 12.4 Å². The summed E-state index contributed by atoms with van der Waals surface area (Å²) in [5, 5.41) is 1.75. The number of benzene rings is 1. The van der Waals surface area contributed by atoms with E-state index in [0.717, 1.165) is 22.5 Å². The summed E-state index contributed by atoms with van der Waals surface area (Å²) in [6, 6.07) is 5.87. The van der Waals surface area contributed by atoms with Gasteiger partial charge >= 0.3 is 0 Å². The van der Waals surface area contributed by atoms with Crippen LogP contribution in [0.2, 0.25) is 5.02 Å². The lowest BCUT2D eigenvalue weighted by Gasteiger charge is -2.25. The molecule has 0 bridgehead atoms. The van der Waals surface area contributed by atoms with Gasteiger partial charge in [-0.05, 0) is 29.5 Å². The summed E-state index contributed by atoms with van der Waals surface area (Å²) in [4.78, 5) is 0. The van der Waals surface area contributed by atoms with Gasteiger partial charge in [0.1, 0.15) is 5.75 Å². The Bertz CT molecular complexity index is 336. The Morgan fingerprint density at radius 1 is 1.40 bits per heavy atom. The molecule has 0 heterocycles. The molecule has 0 N–H and O–H groups in total. The molecule has 1 nitrogen and oxygen atoms in total. The first-order valence-corrected chi connectivity index (χ1v) is 6.41. The molecule has 84 valence electrons. The maximum Gasteiger partial charge on any atom is 0.120 e. The van der Waals surface area contributed by atoms with Crippen LogP contribution in [0.1, 0.15) is 25.8 Å². The van der Waals surface area contributed by atoms with Gasteiger partial charge in [0.2, 0.25) is 0 Å². The summed E-state index contributed by atoms with van der Waals surface area (Å²) in [6.45, 7) is 4.39. The molecule has 0 fully saturated rings. The minimum absolute atomic E-state index is 0.0901. The van der Waals surface area contributed by atoms with Gasteiger partial charge < -0.3 is 4.74 Å². The molecule has 1 rings (SSSR count). The minimum Gasteiger partial charge on any atom is -0.497 e. The third-order valence-electron chi connectivity index (χ3n) is 2.62. The zero-order valence-electron chi connectivity index (χ0n) is 9.31. The lowest BCUT2D eigenvalue weighted by atomic mass is 9.82. The molecule has 0 saturated carbocycles. The van der Waals surface area contributed by atoms with Crippen molar-refractivity contribution in [1.29, 1.82) is 0 Å².